The molecule has 1 aromatic carbocycles. The Balaban J connectivity index is 1.70. The van der Waals surface area contributed by atoms with Crippen molar-refractivity contribution in [2.75, 3.05) is 6.61 Å². The number of allylic oxidation sites excluding steroid dienone is 1. The molecule has 0 amide bonds. The number of pyridine rings is 1. The first-order valence-corrected chi connectivity index (χ1v) is 9.55. The second-order valence-corrected chi connectivity index (χ2v) is 7.61. The van der Waals surface area contributed by atoms with E-state index in [1.807, 2.05) is 4.57 Å². The second kappa shape index (κ2) is 5.92. The van der Waals surface area contributed by atoms with Crippen LogP contribution in [0.4, 0.5) is 0 Å². The number of carboxylic acids is 1. The number of fused-ring (bicyclic) bond motifs is 7. The zero-order valence-electron chi connectivity index (χ0n) is 15.2. The summed E-state index contributed by atoms with van der Waals surface area (Å²) < 4.78 is 8.06. The van der Waals surface area contributed by atoms with Crippen LogP contribution in [0.5, 0.6) is 0 Å². The molecule has 2 atom stereocenters. The highest BCUT2D eigenvalue weighted by atomic mass is 16.5. The Morgan fingerprint density at radius 1 is 1.33 bits per heavy atom. The molecule has 5 rings (SSSR count). The number of aromatic carboxylic acids is 1. The summed E-state index contributed by atoms with van der Waals surface area (Å²) in [6, 6.07) is 8.21. The van der Waals surface area contributed by atoms with Crippen LogP contribution in [0.15, 0.2) is 35.3 Å². The van der Waals surface area contributed by atoms with E-state index in [1.165, 1.54) is 34.5 Å². The minimum atomic E-state index is -1.18. The lowest BCUT2D eigenvalue weighted by molar-refractivity contribution is 0.0693. The molecule has 3 heterocycles. The van der Waals surface area contributed by atoms with E-state index in [9.17, 15) is 14.7 Å². The molecule has 0 saturated carbocycles. The standard InChI is InChI=1S/C22H21NO4/c1-2-3-12-4-5-14-13(8-12)9-15-18-10-19(24)16(22(25)26)11-23(18)17-6-7-27-21(17)20(14)15/h4-5,8,10-11,17,21H,2-3,6-7,9H2,1H3,(H,25,26)/t17-,21+/m1/s1. The van der Waals surface area contributed by atoms with E-state index >= 15 is 0 Å². The van der Waals surface area contributed by atoms with Gasteiger partial charge >= 0.3 is 5.97 Å². The molecule has 1 aromatic heterocycles. The summed E-state index contributed by atoms with van der Waals surface area (Å²) in [5.74, 6) is -1.18. The lowest BCUT2D eigenvalue weighted by Gasteiger charge is -2.32. The molecule has 5 heteroatoms. The van der Waals surface area contributed by atoms with Crippen LogP contribution in [0, 0.1) is 0 Å². The maximum Gasteiger partial charge on any atom is 0.341 e. The molecule has 3 aliphatic rings. The lowest BCUT2D eigenvalue weighted by Crippen LogP contribution is -2.31. The minimum Gasteiger partial charge on any atom is -0.477 e. The molecular weight excluding hydrogens is 342 g/mol. The van der Waals surface area contributed by atoms with Crippen molar-refractivity contribution in [2.45, 2.75) is 44.8 Å². The first kappa shape index (κ1) is 16.5. The second-order valence-electron chi connectivity index (χ2n) is 7.61. The summed E-state index contributed by atoms with van der Waals surface area (Å²) in [4.78, 5) is 23.8. The lowest BCUT2D eigenvalue weighted by atomic mass is 9.89. The van der Waals surface area contributed by atoms with Crippen molar-refractivity contribution in [3.8, 4) is 0 Å². The third-order valence-electron chi connectivity index (χ3n) is 6.01. The van der Waals surface area contributed by atoms with Gasteiger partial charge in [0.25, 0.3) is 0 Å². The van der Waals surface area contributed by atoms with Crippen molar-refractivity contribution in [2.24, 2.45) is 0 Å². The highest BCUT2D eigenvalue weighted by Gasteiger charge is 2.43. The molecular formula is C22H21NO4. The summed E-state index contributed by atoms with van der Waals surface area (Å²) in [7, 11) is 0. The van der Waals surface area contributed by atoms with Gasteiger partial charge in [-0.1, -0.05) is 31.5 Å². The van der Waals surface area contributed by atoms with Crippen LogP contribution in [-0.2, 0) is 17.6 Å². The fourth-order valence-corrected chi connectivity index (χ4v) is 4.87. The Bertz CT molecular complexity index is 1060. The van der Waals surface area contributed by atoms with Crippen LogP contribution >= 0.6 is 0 Å². The fraction of sp³-hybridized carbons (Fsp3) is 0.364. The van der Waals surface area contributed by atoms with Crippen LogP contribution < -0.4 is 5.43 Å². The van der Waals surface area contributed by atoms with Crippen molar-refractivity contribution in [1.29, 1.82) is 0 Å². The SMILES string of the molecule is CCCc1ccc2c(c1)CC1=C2[C@H]2OCC[C@H]2n2cc(C(=O)O)c(=O)cc21. The zero-order chi connectivity index (χ0) is 18.7. The van der Waals surface area contributed by atoms with Gasteiger partial charge in [-0.15, -0.1) is 0 Å². The normalized spacial score (nSPS) is 22.3. The molecule has 27 heavy (non-hydrogen) atoms. The first-order valence-electron chi connectivity index (χ1n) is 9.55. The Morgan fingerprint density at radius 2 is 2.19 bits per heavy atom. The summed E-state index contributed by atoms with van der Waals surface area (Å²) in [5.41, 5.74) is 6.38. The molecule has 1 aliphatic carbocycles. The largest absolute Gasteiger partial charge is 0.477 e. The van der Waals surface area contributed by atoms with Gasteiger partial charge in [-0.25, -0.2) is 4.79 Å². The fourth-order valence-electron chi connectivity index (χ4n) is 4.87. The average Bonchev–Trinajstić information content (AvgIpc) is 3.25. The van der Waals surface area contributed by atoms with Gasteiger partial charge in [0.1, 0.15) is 11.7 Å². The number of carboxylic acid groups (broad SMARTS) is 1. The number of aryl methyl sites for hydroxylation is 1. The number of carbonyl (C=O) groups is 1. The van der Waals surface area contributed by atoms with Crippen molar-refractivity contribution < 1.29 is 14.6 Å². The van der Waals surface area contributed by atoms with Crippen molar-refractivity contribution in [3.05, 3.63) is 68.6 Å². The molecule has 138 valence electrons. The van der Waals surface area contributed by atoms with Gasteiger partial charge in [-0.2, -0.15) is 0 Å². The Kier molecular flexibility index (Phi) is 3.62. The van der Waals surface area contributed by atoms with Crippen LogP contribution in [0.3, 0.4) is 0 Å². The van der Waals surface area contributed by atoms with Crippen LogP contribution in [-0.4, -0.2) is 28.4 Å². The molecule has 2 aliphatic heterocycles. The van der Waals surface area contributed by atoms with Gasteiger partial charge in [-0.05, 0) is 40.7 Å². The number of hydrogen-bond acceptors (Lipinski definition) is 3. The van der Waals surface area contributed by atoms with Crippen LogP contribution in [0.2, 0.25) is 0 Å². The molecule has 1 fully saturated rings. The quantitative estimate of drug-likeness (QED) is 0.908. The van der Waals surface area contributed by atoms with E-state index in [2.05, 4.69) is 25.1 Å². The molecule has 1 N–H and O–H groups in total. The van der Waals surface area contributed by atoms with Crippen molar-refractivity contribution in [1.82, 2.24) is 4.57 Å². The maximum absolute atomic E-state index is 12.4. The Morgan fingerprint density at radius 3 is 2.96 bits per heavy atom. The molecule has 0 radical (unpaired) electrons. The predicted molar refractivity (Wildman–Crippen MR) is 102 cm³/mol. The van der Waals surface area contributed by atoms with E-state index < -0.39 is 11.4 Å². The smallest absolute Gasteiger partial charge is 0.341 e. The topological polar surface area (TPSA) is 68.5 Å². The monoisotopic (exact) mass is 363 g/mol. The highest BCUT2D eigenvalue weighted by molar-refractivity contribution is 6.00. The summed E-state index contributed by atoms with van der Waals surface area (Å²) >= 11 is 0. The van der Waals surface area contributed by atoms with Gasteiger partial charge < -0.3 is 14.4 Å². The first-order chi connectivity index (χ1) is 13.1. The molecule has 1 saturated heterocycles. The number of aromatic nitrogens is 1. The van der Waals surface area contributed by atoms with E-state index in [4.69, 9.17) is 4.74 Å². The summed E-state index contributed by atoms with van der Waals surface area (Å²) in [6.07, 6.45) is 5.19. The minimum absolute atomic E-state index is 0.0405. The van der Waals surface area contributed by atoms with E-state index in [1.54, 1.807) is 0 Å². The van der Waals surface area contributed by atoms with E-state index in [0.717, 1.165) is 37.0 Å². The maximum atomic E-state index is 12.4. The van der Waals surface area contributed by atoms with E-state index in [-0.39, 0.29) is 17.7 Å². The van der Waals surface area contributed by atoms with Crippen LogP contribution in [0.25, 0.3) is 11.1 Å². The number of nitrogens with zero attached hydrogens (tertiary/aromatic N) is 1. The number of rotatable bonds is 3. The Labute approximate surface area is 156 Å². The summed E-state index contributed by atoms with van der Waals surface area (Å²) in [5, 5.41) is 9.36. The van der Waals surface area contributed by atoms with Crippen molar-refractivity contribution in [3.63, 3.8) is 0 Å². The van der Waals surface area contributed by atoms with Crippen LogP contribution in [0.1, 0.15) is 58.5 Å². The van der Waals surface area contributed by atoms with Gasteiger partial charge in [0, 0.05) is 31.0 Å². The highest BCUT2D eigenvalue weighted by Crippen LogP contribution is 2.50. The zero-order valence-corrected chi connectivity index (χ0v) is 15.2. The third kappa shape index (κ3) is 2.34. The van der Waals surface area contributed by atoms with Gasteiger partial charge in [0.2, 0.25) is 0 Å². The van der Waals surface area contributed by atoms with Gasteiger partial charge in [-0.3, -0.25) is 4.79 Å². The molecule has 5 nitrogen and oxygen atoms in total. The molecule has 0 bridgehead atoms. The van der Waals surface area contributed by atoms with Gasteiger partial charge in [0.15, 0.2) is 5.43 Å². The number of benzene rings is 1. The summed E-state index contributed by atoms with van der Waals surface area (Å²) in [6.45, 7) is 2.82. The van der Waals surface area contributed by atoms with E-state index in [0.29, 0.717) is 6.61 Å². The molecule has 2 aromatic rings. The molecule has 0 spiro atoms. The predicted octanol–water partition coefficient (Wildman–Crippen LogP) is 3.31. The van der Waals surface area contributed by atoms with Crippen molar-refractivity contribution >= 4 is 17.1 Å². The number of hydrogen-bond donors (Lipinski definition) is 1. The molecule has 0 unspecified atom stereocenters. The van der Waals surface area contributed by atoms with Gasteiger partial charge in [0.05, 0.1) is 6.04 Å². The average molecular weight is 363 g/mol. The number of ether oxygens (including phenoxy) is 1. The third-order valence-corrected chi connectivity index (χ3v) is 6.01. The Hall–Kier alpha value is -2.66.